The maximum atomic E-state index is 13.7. The molecule has 2 aromatic rings. The second-order valence-corrected chi connectivity index (χ2v) is 7.05. The first-order valence-electron chi connectivity index (χ1n) is 9.28. The Morgan fingerprint density at radius 1 is 1.15 bits per heavy atom. The van der Waals surface area contributed by atoms with Crippen LogP contribution in [-0.4, -0.2) is 37.1 Å². The van der Waals surface area contributed by atoms with E-state index in [2.05, 4.69) is 0 Å². The second-order valence-electron chi connectivity index (χ2n) is 7.05. The number of benzene rings is 2. The summed E-state index contributed by atoms with van der Waals surface area (Å²) in [6, 6.07) is 12.6. The SMILES string of the molecule is Cc1ccc(-c2ccc(C(=O)N(C)CC[C@@H]3CCCCO3)cc2)cc1F. The van der Waals surface area contributed by atoms with Crippen LogP contribution in [0.2, 0.25) is 0 Å². The van der Waals surface area contributed by atoms with Gasteiger partial charge in [0.1, 0.15) is 5.82 Å². The number of carbonyl (C=O) groups excluding carboxylic acids is 1. The van der Waals surface area contributed by atoms with Gasteiger partial charge in [0.05, 0.1) is 6.10 Å². The molecule has 0 radical (unpaired) electrons. The molecule has 3 rings (SSSR count). The number of halogens is 1. The van der Waals surface area contributed by atoms with Crippen molar-refractivity contribution in [2.75, 3.05) is 20.2 Å². The molecular weight excluding hydrogens is 329 g/mol. The van der Waals surface area contributed by atoms with Crippen LogP contribution in [0.1, 0.15) is 41.6 Å². The van der Waals surface area contributed by atoms with Crippen molar-refractivity contribution in [2.45, 2.75) is 38.7 Å². The van der Waals surface area contributed by atoms with Crippen LogP contribution in [0.5, 0.6) is 0 Å². The third kappa shape index (κ3) is 4.50. The van der Waals surface area contributed by atoms with Crippen LogP contribution < -0.4 is 0 Å². The fraction of sp³-hybridized carbons (Fsp3) is 0.409. The van der Waals surface area contributed by atoms with E-state index in [4.69, 9.17) is 4.74 Å². The van der Waals surface area contributed by atoms with E-state index in [9.17, 15) is 9.18 Å². The number of carbonyl (C=O) groups is 1. The van der Waals surface area contributed by atoms with E-state index in [1.807, 2.05) is 37.4 Å². The molecular formula is C22H26FNO2. The standard InChI is InChI=1S/C22H26FNO2/c1-16-6-7-19(15-21(16)23)17-8-10-18(11-9-17)22(25)24(2)13-12-20-5-3-4-14-26-20/h6-11,15,20H,3-5,12-14H2,1-2H3/t20-/m0/s1. The average Bonchev–Trinajstić information content (AvgIpc) is 2.68. The number of hydrogen-bond acceptors (Lipinski definition) is 2. The van der Waals surface area contributed by atoms with Crippen molar-refractivity contribution in [2.24, 2.45) is 0 Å². The summed E-state index contributed by atoms with van der Waals surface area (Å²) in [7, 11) is 1.83. The zero-order chi connectivity index (χ0) is 18.5. The highest BCUT2D eigenvalue weighted by atomic mass is 19.1. The summed E-state index contributed by atoms with van der Waals surface area (Å²) in [5, 5.41) is 0. The van der Waals surface area contributed by atoms with E-state index in [0.717, 1.165) is 37.0 Å². The van der Waals surface area contributed by atoms with Crippen LogP contribution in [0.3, 0.4) is 0 Å². The summed E-state index contributed by atoms with van der Waals surface area (Å²) in [5.74, 6) is -0.213. The Kier molecular flexibility index (Phi) is 6.04. The molecule has 2 aromatic carbocycles. The molecule has 1 atom stereocenters. The number of amides is 1. The Balaban J connectivity index is 1.61. The van der Waals surface area contributed by atoms with Gasteiger partial charge in [-0.3, -0.25) is 4.79 Å². The van der Waals surface area contributed by atoms with Gasteiger partial charge >= 0.3 is 0 Å². The topological polar surface area (TPSA) is 29.5 Å². The summed E-state index contributed by atoms with van der Waals surface area (Å²) in [6.45, 7) is 3.27. The average molecular weight is 355 g/mol. The normalized spacial score (nSPS) is 17.1. The zero-order valence-electron chi connectivity index (χ0n) is 15.5. The molecule has 1 fully saturated rings. The van der Waals surface area contributed by atoms with E-state index in [0.29, 0.717) is 17.7 Å². The summed E-state index contributed by atoms with van der Waals surface area (Å²) < 4.78 is 19.5. The zero-order valence-corrected chi connectivity index (χ0v) is 15.5. The van der Waals surface area contributed by atoms with Crippen molar-refractivity contribution in [3.05, 3.63) is 59.4 Å². The van der Waals surface area contributed by atoms with E-state index < -0.39 is 0 Å². The molecule has 1 amide bonds. The summed E-state index contributed by atoms with van der Waals surface area (Å²) >= 11 is 0. The maximum Gasteiger partial charge on any atom is 0.253 e. The Bertz CT molecular complexity index is 751. The molecule has 4 heteroatoms. The van der Waals surface area contributed by atoms with Crippen LogP contribution in [0.15, 0.2) is 42.5 Å². The number of rotatable bonds is 5. The van der Waals surface area contributed by atoms with Gasteiger partial charge in [-0.25, -0.2) is 4.39 Å². The van der Waals surface area contributed by atoms with E-state index in [1.54, 1.807) is 17.9 Å². The van der Waals surface area contributed by atoms with Crippen LogP contribution in [-0.2, 0) is 4.74 Å². The van der Waals surface area contributed by atoms with Gasteiger partial charge in [-0.2, -0.15) is 0 Å². The molecule has 0 spiro atoms. The van der Waals surface area contributed by atoms with E-state index >= 15 is 0 Å². The lowest BCUT2D eigenvalue weighted by molar-refractivity contribution is 0.00709. The molecule has 0 unspecified atom stereocenters. The predicted octanol–water partition coefficient (Wildman–Crippen LogP) is 4.83. The van der Waals surface area contributed by atoms with Gasteiger partial charge in [0.15, 0.2) is 0 Å². The van der Waals surface area contributed by atoms with Crippen molar-refractivity contribution in [1.82, 2.24) is 4.90 Å². The molecule has 0 aromatic heterocycles. The quantitative estimate of drug-likeness (QED) is 0.769. The minimum absolute atomic E-state index is 0.00226. The first-order chi connectivity index (χ1) is 12.5. The molecule has 138 valence electrons. The number of aryl methyl sites for hydroxylation is 1. The summed E-state index contributed by atoms with van der Waals surface area (Å²) in [6.07, 6.45) is 4.59. The molecule has 0 N–H and O–H groups in total. The van der Waals surface area contributed by atoms with Crippen LogP contribution in [0.25, 0.3) is 11.1 Å². The van der Waals surface area contributed by atoms with Crippen molar-refractivity contribution in [1.29, 1.82) is 0 Å². The van der Waals surface area contributed by atoms with Crippen LogP contribution in [0, 0.1) is 12.7 Å². The fourth-order valence-electron chi connectivity index (χ4n) is 3.27. The van der Waals surface area contributed by atoms with Gasteiger partial charge in [0, 0.05) is 25.8 Å². The lowest BCUT2D eigenvalue weighted by Crippen LogP contribution is -2.31. The van der Waals surface area contributed by atoms with Crippen molar-refractivity contribution in [3.8, 4) is 11.1 Å². The molecule has 0 bridgehead atoms. The lowest BCUT2D eigenvalue weighted by atomic mass is 10.0. The highest BCUT2D eigenvalue weighted by Gasteiger charge is 2.17. The predicted molar refractivity (Wildman–Crippen MR) is 102 cm³/mol. The molecule has 0 saturated carbocycles. The highest BCUT2D eigenvalue weighted by Crippen LogP contribution is 2.23. The molecule has 3 nitrogen and oxygen atoms in total. The highest BCUT2D eigenvalue weighted by molar-refractivity contribution is 5.94. The van der Waals surface area contributed by atoms with E-state index in [1.165, 1.54) is 12.5 Å². The number of ether oxygens (including phenoxy) is 1. The van der Waals surface area contributed by atoms with Gasteiger partial charge < -0.3 is 9.64 Å². The molecule has 1 saturated heterocycles. The summed E-state index contributed by atoms with van der Waals surface area (Å²) in [4.78, 5) is 14.3. The van der Waals surface area contributed by atoms with Crippen molar-refractivity contribution >= 4 is 5.91 Å². The number of hydrogen-bond donors (Lipinski definition) is 0. The molecule has 0 aliphatic carbocycles. The maximum absolute atomic E-state index is 13.7. The Morgan fingerprint density at radius 3 is 2.54 bits per heavy atom. The monoisotopic (exact) mass is 355 g/mol. The van der Waals surface area contributed by atoms with Gasteiger partial charge in [-0.1, -0.05) is 24.3 Å². The summed E-state index contributed by atoms with van der Waals surface area (Å²) in [5.41, 5.74) is 2.99. The van der Waals surface area contributed by atoms with Gasteiger partial charge in [0.25, 0.3) is 5.91 Å². The molecule has 1 aliphatic rings. The van der Waals surface area contributed by atoms with Crippen molar-refractivity contribution < 1.29 is 13.9 Å². The van der Waals surface area contributed by atoms with Gasteiger partial charge in [0.2, 0.25) is 0 Å². The van der Waals surface area contributed by atoms with Crippen LogP contribution >= 0.6 is 0 Å². The molecule has 1 aliphatic heterocycles. The fourth-order valence-corrected chi connectivity index (χ4v) is 3.27. The third-order valence-electron chi connectivity index (χ3n) is 5.04. The van der Waals surface area contributed by atoms with E-state index in [-0.39, 0.29) is 17.8 Å². The largest absolute Gasteiger partial charge is 0.378 e. The smallest absolute Gasteiger partial charge is 0.253 e. The minimum atomic E-state index is -0.215. The third-order valence-corrected chi connectivity index (χ3v) is 5.04. The first-order valence-corrected chi connectivity index (χ1v) is 9.28. The van der Waals surface area contributed by atoms with Gasteiger partial charge in [-0.05, 0) is 67.5 Å². The second kappa shape index (κ2) is 8.45. The Morgan fingerprint density at radius 2 is 1.88 bits per heavy atom. The Labute approximate surface area is 154 Å². The van der Waals surface area contributed by atoms with Crippen LogP contribution in [0.4, 0.5) is 4.39 Å². The first kappa shape index (κ1) is 18.6. The number of nitrogens with zero attached hydrogens (tertiary/aromatic N) is 1. The minimum Gasteiger partial charge on any atom is -0.378 e. The lowest BCUT2D eigenvalue weighted by Gasteiger charge is -2.25. The van der Waals surface area contributed by atoms with Crippen molar-refractivity contribution in [3.63, 3.8) is 0 Å². The van der Waals surface area contributed by atoms with Gasteiger partial charge in [-0.15, -0.1) is 0 Å². The molecule has 1 heterocycles. The molecule has 26 heavy (non-hydrogen) atoms. The Hall–Kier alpha value is -2.20.